The largest absolute Gasteiger partial charge is 0.343 e. The van der Waals surface area contributed by atoms with Gasteiger partial charge in [-0.15, -0.1) is 0 Å². The summed E-state index contributed by atoms with van der Waals surface area (Å²) in [5.74, 6) is 0.861. The topological polar surface area (TPSA) is 34.0 Å². The Kier molecular flexibility index (Phi) is 4.41. The number of nitrogens with zero attached hydrogens (tertiary/aromatic N) is 4. The van der Waals surface area contributed by atoms with E-state index in [-0.39, 0.29) is 0 Å². The highest BCUT2D eigenvalue weighted by molar-refractivity contribution is 5.84. The maximum absolute atomic E-state index is 4.67. The Hall–Kier alpha value is -2.98. The minimum Gasteiger partial charge on any atom is -0.343 e. The van der Waals surface area contributed by atoms with Crippen molar-refractivity contribution < 1.29 is 0 Å². The van der Waals surface area contributed by atoms with Crippen LogP contribution >= 0.6 is 0 Å². The lowest BCUT2D eigenvalue weighted by Crippen LogP contribution is -2.31. The van der Waals surface area contributed by atoms with Crippen LogP contribution in [0.15, 0.2) is 67.0 Å². The van der Waals surface area contributed by atoms with Gasteiger partial charge in [0.25, 0.3) is 0 Å². The molecule has 1 aliphatic rings. The van der Waals surface area contributed by atoms with Crippen LogP contribution in [0.25, 0.3) is 10.9 Å². The van der Waals surface area contributed by atoms with Gasteiger partial charge in [-0.25, -0.2) is 9.97 Å². The molecule has 2 aromatic heterocycles. The van der Waals surface area contributed by atoms with E-state index in [4.69, 9.17) is 0 Å². The Morgan fingerprint density at radius 2 is 1.79 bits per heavy atom. The summed E-state index contributed by atoms with van der Waals surface area (Å²) in [6.07, 6.45) is 5.36. The van der Waals surface area contributed by atoms with Crippen LogP contribution in [0.3, 0.4) is 0 Å². The molecule has 0 saturated heterocycles. The van der Waals surface area contributed by atoms with Crippen LogP contribution in [0.2, 0.25) is 0 Å². The molecule has 0 bridgehead atoms. The van der Waals surface area contributed by atoms with Crippen molar-refractivity contribution in [3.63, 3.8) is 0 Å². The molecular weight excluding hydrogens is 344 g/mol. The van der Waals surface area contributed by atoms with E-state index in [2.05, 4.69) is 80.2 Å². The van der Waals surface area contributed by atoms with Crippen LogP contribution in [0, 0.1) is 6.92 Å². The molecule has 0 atom stereocenters. The molecule has 0 N–H and O–H groups in total. The van der Waals surface area contributed by atoms with E-state index in [1.165, 1.54) is 33.3 Å². The SMILES string of the molecule is Cc1ncc2c(n1)CN(Cc1cn(Cc3ccccc3)c3ccccc13)CC2. The van der Waals surface area contributed by atoms with Crippen molar-refractivity contribution in [2.24, 2.45) is 0 Å². The summed E-state index contributed by atoms with van der Waals surface area (Å²) >= 11 is 0. The molecule has 2 aromatic carbocycles. The van der Waals surface area contributed by atoms with E-state index in [1.807, 2.05) is 13.1 Å². The minimum atomic E-state index is 0.861. The lowest BCUT2D eigenvalue weighted by molar-refractivity contribution is 0.241. The number of para-hydroxylation sites is 1. The molecule has 28 heavy (non-hydrogen) atoms. The average molecular weight is 368 g/mol. The van der Waals surface area contributed by atoms with Crippen molar-refractivity contribution in [1.29, 1.82) is 0 Å². The van der Waals surface area contributed by atoms with Crippen LogP contribution in [-0.4, -0.2) is 26.0 Å². The van der Waals surface area contributed by atoms with Gasteiger partial charge in [-0.05, 0) is 36.1 Å². The number of aromatic nitrogens is 3. The van der Waals surface area contributed by atoms with Crippen LogP contribution in [0.4, 0.5) is 0 Å². The number of aryl methyl sites for hydroxylation is 1. The fraction of sp³-hybridized carbons (Fsp3) is 0.250. The lowest BCUT2D eigenvalue weighted by Gasteiger charge is -2.27. The summed E-state index contributed by atoms with van der Waals surface area (Å²) in [6.45, 7) is 5.77. The molecule has 0 unspecified atom stereocenters. The van der Waals surface area contributed by atoms with Crippen LogP contribution < -0.4 is 0 Å². The van der Waals surface area contributed by atoms with E-state index in [0.717, 1.165) is 38.4 Å². The Morgan fingerprint density at radius 3 is 2.68 bits per heavy atom. The molecule has 3 heterocycles. The van der Waals surface area contributed by atoms with Gasteiger partial charge in [0.05, 0.1) is 5.69 Å². The summed E-state index contributed by atoms with van der Waals surface area (Å²) in [5.41, 5.74) is 6.51. The number of rotatable bonds is 4. The number of fused-ring (bicyclic) bond motifs is 2. The average Bonchev–Trinajstić information content (AvgIpc) is 3.06. The molecule has 0 aliphatic carbocycles. The molecule has 1 aliphatic heterocycles. The van der Waals surface area contributed by atoms with Crippen LogP contribution in [-0.2, 0) is 26.1 Å². The highest BCUT2D eigenvalue weighted by Gasteiger charge is 2.20. The van der Waals surface area contributed by atoms with Gasteiger partial charge in [0.1, 0.15) is 5.82 Å². The smallest absolute Gasteiger partial charge is 0.125 e. The van der Waals surface area contributed by atoms with E-state index >= 15 is 0 Å². The minimum absolute atomic E-state index is 0.861. The molecule has 5 rings (SSSR count). The molecule has 0 fully saturated rings. The van der Waals surface area contributed by atoms with Crippen molar-refractivity contribution >= 4 is 10.9 Å². The maximum Gasteiger partial charge on any atom is 0.125 e. The second-order valence-electron chi connectivity index (χ2n) is 7.63. The molecule has 0 amide bonds. The molecule has 0 radical (unpaired) electrons. The van der Waals surface area contributed by atoms with Gasteiger partial charge in [0.15, 0.2) is 0 Å². The second kappa shape index (κ2) is 7.21. The normalized spacial score (nSPS) is 14.3. The quantitative estimate of drug-likeness (QED) is 0.537. The summed E-state index contributed by atoms with van der Waals surface area (Å²) in [6, 6.07) is 19.4. The molecule has 4 heteroatoms. The number of hydrogen-bond acceptors (Lipinski definition) is 3. The Balaban J connectivity index is 1.43. The number of benzene rings is 2. The first-order chi connectivity index (χ1) is 13.8. The van der Waals surface area contributed by atoms with Gasteiger partial charge in [-0.2, -0.15) is 0 Å². The van der Waals surface area contributed by atoms with Gasteiger partial charge in [-0.1, -0.05) is 48.5 Å². The van der Waals surface area contributed by atoms with Gasteiger partial charge < -0.3 is 4.57 Å². The molecule has 0 spiro atoms. The zero-order valence-corrected chi connectivity index (χ0v) is 16.2. The first kappa shape index (κ1) is 17.1. The van der Waals surface area contributed by atoms with E-state index in [1.54, 1.807) is 0 Å². The van der Waals surface area contributed by atoms with E-state index in [0.29, 0.717) is 0 Å². The fourth-order valence-corrected chi connectivity index (χ4v) is 4.19. The molecular formula is C24H24N4. The lowest BCUT2D eigenvalue weighted by atomic mass is 10.1. The Bertz CT molecular complexity index is 1110. The molecule has 140 valence electrons. The summed E-state index contributed by atoms with van der Waals surface area (Å²) in [7, 11) is 0. The van der Waals surface area contributed by atoms with Crippen LogP contribution in [0.5, 0.6) is 0 Å². The van der Waals surface area contributed by atoms with Gasteiger partial charge in [0.2, 0.25) is 0 Å². The van der Waals surface area contributed by atoms with Crippen molar-refractivity contribution in [2.75, 3.05) is 6.54 Å². The zero-order chi connectivity index (χ0) is 18.9. The molecule has 4 nitrogen and oxygen atoms in total. The third-order valence-electron chi connectivity index (χ3n) is 5.61. The van der Waals surface area contributed by atoms with Gasteiger partial charge >= 0.3 is 0 Å². The zero-order valence-electron chi connectivity index (χ0n) is 16.2. The summed E-state index contributed by atoms with van der Waals surface area (Å²) in [5, 5.41) is 1.35. The van der Waals surface area contributed by atoms with Crippen molar-refractivity contribution in [1.82, 2.24) is 19.4 Å². The van der Waals surface area contributed by atoms with Crippen LogP contribution in [0.1, 0.15) is 28.2 Å². The highest BCUT2D eigenvalue weighted by atomic mass is 15.1. The van der Waals surface area contributed by atoms with Gasteiger partial charge in [0, 0.05) is 49.5 Å². The monoisotopic (exact) mass is 368 g/mol. The van der Waals surface area contributed by atoms with E-state index < -0.39 is 0 Å². The van der Waals surface area contributed by atoms with Crippen molar-refractivity contribution in [3.8, 4) is 0 Å². The fourth-order valence-electron chi connectivity index (χ4n) is 4.19. The molecule has 4 aromatic rings. The third-order valence-corrected chi connectivity index (χ3v) is 5.61. The summed E-state index contributed by atoms with van der Waals surface area (Å²) in [4.78, 5) is 11.5. The summed E-state index contributed by atoms with van der Waals surface area (Å²) < 4.78 is 2.38. The Morgan fingerprint density at radius 1 is 0.964 bits per heavy atom. The van der Waals surface area contributed by atoms with Gasteiger partial charge in [-0.3, -0.25) is 4.90 Å². The van der Waals surface area contributed by atoms with Crippen molar-refractivity contribution in [3.05, 3.63) is 95.2 Å². The first-order valence-electron chi connectivity index (χ1n) is 9.91. The first-order valence-corrected chi connectivity index (χ1v) is 9.91. The standard InChI is InChI=1S/C24H24N4/c1-18-25-13-20-11-12-27(17-23(20)26-18)15-21-16-28(14-19-7-3-2-4-8-19)24-10-6-5-9-22(21)24/h2-10,13,16H,11-12,14-15,17H2,1H3. The maximum atomic E-state index is 4.67. The molecule has 0 saturated carbocycles. The van der Waals surface area contributed by atoms with Crippen molar-refractivity contribution in [2.45, 2.75) is 33.0 Å². The third kappa shape index (κ3) is 3.32. The predicted molar refractivity (Wildman–Crippen MR) is 112 cm³/mol. The predicted octanol–water partition coefficient (Wildman–Crippen LogP) is 4.35. The van der Waals surface area contributed by atoms with E-state index in [9.17, 15) is 0 Å². The Labute approximate surface area is 165 Å². The second-order valence-corrected chi connectivity index (χ2v) is 7.63. The highest BCUT2D eigenvalue weighted by Crippen LogP contribution is 2.26. The number of hydrogen-bond donors (Lipinski definition) is 0.